The van der Waals surface area contributed by atoms with Gasteiger partial charge in [-0.05, 0) is 19.3 Å². The summed E-state index contributed by atoms with van der Waals surface area (Å²) in [6.07, 6.45) is 3.18. The van der Waals surface area contributed by atoms with Gasteiger partial charge in [0.2, 0.25) is 0 Å². The monoisotopic (exact) mass is 144 g/mol. The Balaban J connectivity index is 2.46. The SMILES string of the molecule is C[N+]1([O-])CCCCC(N)C1. The van der Waals surface area contributed by atoms with Crippen molar-refractivity contribution in [2.24, 2.45) is 5.73 Å². The lowest BCUT2D eigenvalue weighted by atomic mass is 10.2. The summed E-state index contributed by atoms with van der Waals surface area (Å²) in [4.78, 5) is 0. The molecular weight excluding hydrogens is 128 g/mol. The molecule has 3 heteroatoms. The summed E-state index contributed by atoms with van der Waals surface area (Å²) < 4.78 is -0.138. The van der Waals surface area contributed by atoms with Crippen LogP contribution in [0.4, 0.5) is 0 Å². The van der Waals surface area contributed by atoms with Gasteiger partial charge in [-0.3, -0.25) is 0 Å². The second-order valence-corrected chi connectivity index (χ2v) is 3.46. The molecule has 10 heavy (non-hydrogen) atoms. The van der Waals surface area contributed by atoms with Crippen LogP contribution in [0.2, 0.25) is 0 Å². The molecule has 1 rings (SSSR count). The van der Waals surface area contributed by atoms with Gasteiger partial charge < -0.3 is 15.6 Å². The molecular formula is C7H16N2O. The fourth-order valence-corrected chi connectivity index (χ4v) is 1.53. The van der Waals surface area contributed by atoms with E-state index in [-0.39, 0.29) is 10.7 Å². The number of quaternary nitrogens is 1. The number of nitrogens with two attached hydrogens (primary N) is 1. The minimum atomic E-state index is -0.138. The summed E-state index contributed by atoms with van der Waals surface area (Å²) >= 11 is 0. The van der Waals surface area contributed by atoms with Crippen molar-refractivity contribution in [3.63, 3.8) is 0 Å². The Labute approximate surface area is 62.0 Å². The first-order valence-corrected chi connectivity index (χ1v) is 3.91. The topological polar surface area (TPSA) is 49.1 Å². The molecule has 0 aromatic heterocycles. The molecule has 60 valence electrons. The van der Waals surface area contributed by atoms with Gasteiger partial charge >= 0.3 is 0 Å². The lowest BCUT2D eigenvalue weighted by molar-refractivity contribution is -0.860. The third-order valence-corrected chi connectivity index (χ3v) is 2.08. The molecule has 0 amide bonds. The Hall–Kier alpha value is -0.120. The molecule has 0 aromatic rings. The zero-order valence-electron chi connectivity index (χ0n) is 6.55. The van der Waals surface area contributed by atoms with E-state index in [0.717, 1.165) is 25.8 Å². The summed E-state index contributed by atoms with van der Waals surface area (Å²) in [5.41, 5.74) is 5.69. The maximum atomic E-state index is 11.4. The number of hydrogen-bond donors (Lipinski definition) is 1. The molecule has 3 nitrogen and oxygen atoms in total. The van der Waals surface area contributed by atoms with Crippen LogP contribution in [0.5, 0.6) is 0 Å². The minimum Gasteiger partial charge on any atom is -0.633 e. The third-order valence-electron chi connectivity index (χ3n) is 2.08. The predicted octanol–water partition coefficient (Wildman–Crippen LogP) is 0.442. The highest BCUT2D eigenvalue weighted by Crippen LogP contribution is 2.13. The van der Waals surface area contributed by atoms with E-state index < -0.39 is 0 Å². The first-order chi connectivity index (χ1) is 4.60. The Bertz CT molecular complexity index is 114. The smallest absolute Gasteiger partial charge is 0.0935 e. The fourth-order valence-electron chi connectivity index (χ4n) is 1.53. The molecule has 1 heterocycles. The van der Waals surface area contributed by atoms with Crippen LogP contribution in [0, 0.1) is 5.21 Å². The van der Waals surface area contributed by atoms with Crippen molar-refractivity contribution in [3.8, 4) is 0 Å². The molecule has 0 radical (unpaired) electrons. The van der Waals surface area contributed by atoms with Crippen LogP contribution in [0.1, 0.15) is 19.3 Å². The lowest BCUT2D eigenvalue weighted by Crippen LogP contribution is -2.45. The van der Waals surface area contributed by atoms with Crippen molar-refractivity contribution >= 4 is 0 Å². The lowest BCUT2D eigenvalue weighted by Gasteiger charge is -2.38. The predicted molar refractivity (Wildman–Crippen MR) is 41.1 cm³/mol. The fraction of sp³-hybridized carbons (Fsp3) is 1.00. The van der Waals surface area contributed by atoms with E-state index in [0.29, 0.717) is 6.54 Å². The molecule has 1 aliphatic rings. The number of likely N-dealkylation sites (N-methyl/N-ethyl adjacent to an activating group) is 1. The molecule has 2 atom stereocenters. The van der Waals surface area contributed by atoms with Crippen LogP contribution in [0.3, 0.4) is 0 Å². The number of rotatable bonds is 0. The first-order valence-electron chi connectivity index (χ1n) is 3.91. The normalized spacial score (nSPS) is 42.9. The van der Waals surface area contributed by atoms with E-state index in [4.69, 9.17) is 5.73 Å². The molecule has 1 aliphatic heterocycles. The van der Waals surface area contributed by atoms with Gasteiger partial charge in [0.15, 0.2) is 0 Å². The number of likely N-dealkylation sites (tertiary alicyclic amines) is 1. The molecule has 0 saturated carbocycles. The number of hydrogen-bond acceptors (Lipinski definition) is 2. The largest absolute Gasteiger partial charge is 0.633 e. The quantitative estimate of drug-likeness (QED) is 0.396. The van der Waals surface area contributed by atoms with E-state index in [9.17, 15) is 5.21 Å². The molecule has 0 aromatic carbocycles. The zero-order chi connectivity index (χ0) is 7.61. The van der Waals surface area contributed by atoms with Crippen molar-refractivity contribution in [3.05, 3.63) is 5.21 Å². The Morgan fingerprint density at radius 3 is 2.90 bits per heavy atom. The maximum absolute atomic E-state index is 11.4. The molecule has 1 saturated heterocycles. The molecule has 0 aliphatic carbocycles. The van der Waals surface area contributed by atoms with Crippen LogP contribution in [0.15, 0.2) is 0 Å². The van der Waals surface area contributed by atoms with Crippen LogP contribution < -0.4 is 5.73 Å². The second-order valence-electron chi connectivity index (χ2n) is 3.46. The number of hydroxylamine groups is 3. The average Bonchev–Trinajstić information content (AvgIpc) is 1.90. The van der Waals surface area contributed by atoms with E-state index in [2.05, 4.69) is 0 Å². The summed E-state index contributed by atoms with van der Waals surface area (Å²) in [7, 11) is 1.71. The Morgan fingerprint density at radius 2 is 2.20 bits per heavy atom. The standard InChI is InChI=1S/C7H16N2O/c1-9(10)5-3-2-4-7(8)6-9/h7H,2-6,8H2,1H3. The van der Waals surface area contributed by atoms with Gasteiger partial charge in [-0.25, -0.2) is 0 Å². The summed E-state index contributed by atoms with van der Waals surface area (Å²) in [6, 6.07) is 0.130. The van der Waals surface area contributed by atoms with Gasteiger partial charge in [0.25, 0.3) is 0 Å². The first kappa shape index (κ1) is 7.98. The van der Waals surface area contributed by atoms with E-state index >= 15 is 0 Å². The number of nitrogens with zero attached hydrogens (tertiary/aromatic N) is 1. The summed E-state index contributed by atoms with van der Waals surface area (Å²) in [5, 5.41) is 11.4. The maximum Gasteiger partial charge on any atom is 0.0935 e. The van der Waals surface area contributed by atoms with Crippen LogP contribution >= 0.6 is 0 Å². The minimum absolute atomic E-state index is 0.130. The second kappa shape index (κ2) is 2.86. The highest BCUT2D eigenvalue weighted by molar-refractivity contribution is 4.64. The summed E-state index contributed by atoms with van der Waals surface area (Å²) in [6.45, 7) is 1.34. The van der Waals surface area contributed by atoms with Gasteiger partial charge in [-0.15, -0.1) is 0 Å². The van der Waals surface area contributed by atoms with Crippen molar-refractivity contribution in [1.29, 1.82) is 0 Å². The molecule has 1 fully saturated rings. The van der Waals surface area contributed by atoms with Crippen LogP contribution in [0.25, 0.3) is 0 Å². The molecule has 2 unspecified atom stereocenters. The summed E-state index contributed by atoms with van der Waals surface area (Å²) in [5.74, 6) is 0. The molecule has 0 spiro atoms. The van der Waals surface area contributed by atoms with Gasteiger partial charge in [-0.1, -0.05) is 0 Å². The van der Waals surface area contributed by atoms with Crippen molar-refractivity contribution in [2.45, 2.75) is 25.3 Å². The Kier molecular flexibility index (Phi) is 2.28. The van der Waals surface area contributed by atoms with Gasteiger partial charge in [0.1, 0.15) is 0 Å². The zero-order valence-corrected chi connectivity index (χ0v) is 6.55. The van der Waals surface area contributed by atoms with E-state index in [1.807, 2.05) is 0 Å². The molecule has 2 N–H and O–H groups in total. The van der Waals surface area contributed by atoms with Crippen molar-refractivity contribution < 1.29 is 4.65 Å². The average molecular weight is 144 g/mol. The van der Waals surface area contributed by atoms with Gasteiger partial charge in [0.05, 0.1) is 26.2 Å². The van der Waals surface area contributed by atoms with Crippen molar-refractivity contribution in [1.82, 2.24) is 0 Å². The van der Waals surface area contributed by atoms with Crippen LogP contribution in [-0.4, -0.2) is 30.8 Å². The van der Waals surface area contributed by atoms with Crippen LogP contribution in [-0.2, 0) is 0 Å². The van der Waals surface area contributed by atoms with Gasteiger partial charge in [0, 0.05) is 0 Å². The Morgan fingerprint density at radius 1 is 1.50 bits per heavy atom. The third kappa shape index (κ3) is 2.25. The van der Waals surface area contributed by atoms with Gasteiger partial charge in [-0.2, -0.15) is 0 Å². The highest BCUT2D eigenvalue weighted by Gasteiger charge is 2.18. The highest BCUT2D eigenvalue weighted by atomic mass is 16.5. The van der Waals surface area contributed by atoms with E-state index in [1.165, 1.54) is 0 Å². The van der Waals surface area contributed by atoms with Crippen molar-refractivity contribution in [2.75, 3.05) is 20.1 Å². The molecule has 0 bridgehead atoms. The van der Waals surface area contributed by atoms with E-state index in [1.54, 1.807) is 7.05 Å².